The number of alkyl halides is 3. The summed E-state index contributed by atoms with van der Waals surface area (Å²) in [6.07, 6.45) is 6.53. The molecule has 36 heavy (non-hydrogen) atoms. The van der Waals surface area contributed by atoms with Crippen molar-refractivity contribution in [1.29, 1.82) is 0 Å². The van der Waals surface area contributed by atoms with E-state index < -0.39 is 26.8 Å². The Morgan fingerprint density at radius 1 is 1.00 bits per heavy atom. The summed E-state index contributed by atoms with van der Waals surface area (Å²) in [6.45, 7) is 2.03. The molecule has 4 aliphatic rings. The number of allylic oxidation sites excluding steroid dienone is 4. The third kappa shape index (κ3) is 4.55. The van der Waals surface area contributed by atoms with Crippen molar-refractivity contribution < 1.29 is 35.4 Å². The van der Waals surface area contributed by atoms with Crippen molar-refractivity contribution in [1.82, 2.24) is 0 Å². The molecule has 0 aromatic heterocycles. The van der Waals surface area contributed by atoms with E-state index in [0.717, 1.165) is 30.4 Å². The molecule has 2 unspecified atom stereocenters. The number of hydrogen-bond acceptors (Lipinski definition) is 5. The quantitative estimate of drug-likeness (QED) is 0.338. The van der Waals surface area contributed by atoms with Gasteiger partial charge in [-0.3, -0.25) is 9.59 Å². The SMILES string of the molecule is C.C[C@]12C[C@H](c3ccc(OS(=O)(=O)C(F)(F)F)cc3)C3=C4CCC(=O)C=C4CCC3C1CCC2=O.S. The van der Waals surface area contributed by atoms with Crippen LogP contribution >= 0.6 is 13.5 Å². The summed E-state index contributed by atoms with van der Waals surface area (Å²) < 4.78 is 65.0. The standard InChI is InChI=1S/C25H25F3O5S.CH4.H2S/c1-24-13-20(14-2-6-17(7-3-14)33-34(31,32)25(26,27)28)23-18-9-5-16(29)12-15(18)4-8-19(23)21(24)10-11-22(24)30;;/h2-3,6-7,12,19-21H,4-5,8-11,13H2,1H3;1H4;1H2/t19?,20-,21?,24+;;/m1../s1. The Kier molecular flexibility index (Phi) is 7.65. The average molecular weight is 545 g/mol. The van der Waals surface area contributed by atoms with Crippen LogP contribution in [0.2, 0.25) is 0 Å². The smallest absolute Gasteiger partial charge is 0.376 e. The Bertz CT molecular complexity index is 1230. The fourth-order valence-electron chi connectivity index (χ4n) is 6.66. The first-order valence-corrected chi connectivity index (χ1v) is 12.9. The van der Waals surface area contributed by atoms with Gasteiger partial charge >= 0.3 is 15.6 Å². The molecule has 4 aliphatic carbocycles. The van der Waals surface area contributed by atoms with E-state index in [0.29, 0.717) is 25.7 Å². The molecule has 0 aliphatic heterocycles. The fourth-order valence-corrected chi connectivity index (χ4v) is 7.12. The molecule has 0 saturated heterocycles. The molecule has 4 atom stereocenters. The van der Waals surface area contributed by atoms with Gasteiger partial charge in [-0.1, -0.05) is 32.1 Å². The van der Waals surface area contributed by atoms with Gasteiger partial charge in [-0.05, 0) is 78.9 Å². The number of Topliss-reactive ketones (excluding diaryl/α,β-unsaturated/α-hetero) is 1. The monoisotopic (exact) mass is 544 g/mol. The van der Waals surface area contributed by atoms with Gasteiger partial charge in [-0.15, -0.1) is 0 Å². The first-order valence-electron chi connectivity index (χ1n) is 11.5. The number of halogens is 3. The summed E-state index contributed by atoms with van der Waals surface area (Å²) >= 11 is 0. The minimum atomic E-state index is -5.75. The second-order valence-corrected chi connectivity index (χ2v) is 11.5. The molecule has 1 aromatic rings. The molecular weight excluding hydrogens is 513 g/mol. The van der Waals surface area contributed by atoms with Crippen LogP contribution in [0, 0.1) is 17.3 Å². The maximum Gasteiger partial charge on any atom is 0.534 e. The van der Waals surface area contributed by atoms with Crippen LogP contribution in [-0.2, 0) is 19.7 Å². The van der Waals surface area contributed by atoms with Crippen LogP contribution in [0.5, 0.6) is 5.75 Å². The topological polar surface area (TPSA) is 77.5 Å². The highest BCUT2D eigenvalue weighted by Gasteiger charge is 2.56. The Morgan fingerprint density at radius 3 is 2.31 bits per heavy atom. The second-order valence-electron chi connectivity index (χ2n) is 10.0. The highest BCUT2D eigenvalue weighted by molar-refractivity contribution is 7.88. The van der Waals surface area contributed by atoms with E-state index in [4.69, 9.17) is 0 Å². The lowest BCUT2D eigenvalue weighted by molar-refractivity contribution is -0.128. The fraction of sp³-hybridized carbons (Fsp3) is 0.538. The number of benzene rings is 1. The molecule has 5 rings (SSSR count). The molecule has 0 bridgehead atoms. The largest absolute Gasteiger partial charge is 0.534 e. The van der Waals surface area contributed by atoms with Crippen LogP contribution in [0.25, 0.3) is 0 Å². The number of ketones is 2. The molecular formula is C26H31F3O5S2. The summed E-state index contributed by atoms with van der Waals surface area (Å²) in [6, 6.07) is 5.64. The Balaban J connectivity index is 0.00000180. The first kappa shape index (κ1) is 28.5. The zero-order valence-corrected chi connectivity index (χ0v) is 21.0. The number of fused-ring (bicyclic) bond motifs is 4. The molecule has 0 amide bonds. The molecule has 198 valence electrons. The molecule has 2 saturated carbocycles. The summed E-state index contributed by atoms with van der Waals surface area (Å²) in [5.74, 6) is 0.295. The van der Waals surface area contributed by atoms with Crippen molar-refractivity contribution in [2.75, 3.05) is 0 Å². The summed E-state index contributed by atoms with van der Waals surface area (Å²) in [5, 5.41) is 0. The molecule has 1 aromatic carbocycles. The van der Waals surface area contributed by atoms with Crippen molar-refractivity contribution in [3.63, 3.8) is 0 Å². The average Bonchev–Trinajstić information content (AvgIpc) is 3.06. The van der Waals surface area contributed by atoms with Gasteiger partial charge in [0.05, 0.1) is 0 Å². The van der Waals surface area contributed by atoms with E-state index in [1.165, 1.54) is 23.3 Å². The predicted molar refractivity (Wildman–Crippen MR) is 134 cm³/mol. The van der Waals surface area contributed by atoms with E-state index in [1.807, 2.05) is 6.92 Å². The van der Waals surface area contributed by atoms with Gasteiger partial charge in [0.15, 0.2) is 5.78 Å². The highest BCUT2D eigenvalue weighted by Crippen LogP contribution is 2.62. The van der Waals surface area contributed by atoms with Crippen molar-refractivity contribution in [3.8, 4) is 5.75 Å². The molecule has 2 fully saturated rings. The van der Waals surface area contributed by atoms with Gasteiger partial charge in [0.2, 0.25) is 0 Å². The first-order chi connectivity index (χ1) is 15.9. The molecule has 0 N–H and O–H groups in total. The van der Waals surface area contributed by atoms with Crippen molar-refractivity contribution in [2.45, 2.75) is 70.7 Å². The summed E-state index contributed by atoms with van der Waals surface area (Å²) in [5.41, 5.74) is -1.66. The third-order valence-electron chi connectivity index (χ3n) is 8.22. The maximum atomic E-state index is 12.9. The van der Waals surface area contributed by atoms with Crippen LogP contribution in [0.1, 0.15) is 70.8 Å². The van der Waals surface area contributed by atoms with E-state index in [2.05, 4.69) is 4.18 Å². The number of carbonyl (C=O) groups is 2. The van der Waals surface area contributed by atoms with E-state index in [-0.39, 0.29) is 50.2 Å². The van der Waals surface area contributed by atoms with Gasteiger partial charge in [0, 0.05) is 24.2 Å². The van der Waals surface area contributed by atoms with Crippen molar-refractivity contribution in [3.05, 3.63) is 52.6 Å². The highest BCUT2D eigenvalue weighted by atomic mass is 32.2. The van der Waals surface area contributed by atoms with Crippen molar-refractivity contribution in [2.24, 2.45) is 17.3 Å². The minimum Gasteiger partial charge on any atom is -0.376 e. The van der Waals surface area contributed by atoms with Gasteiger partial charge in [0.1, 0.15) is 11.5 Å². The Morgan fingerprint density at radius 2 is 1.67 bits per heavy atom. The van der Waals surface area contributed by atoms with Crippen LogP contribution in [-0.4, -0.2) is 25.5 Å². The molecule has 0 spiro atoms. The van der Waals surface area contributed by atoms with Crippen molar-refractivity contribution >= 4 is 35.2 Å². The normalized spacial score (nSPS) is 29.8. The van der Waals surface area contributed by atoms with E-state index in [1.54, 1.807) is 18.2 Å². The summed E-state index contributed by atoms with van der Waals surface area (Å²) in [7, 11) is -5.75. The van der Waals surface area contributed by atoms with Gasteiger partial charge in [0.25, 0.3) is 0 Å². The van der Waals surface area contributed by atoms with Crippen LogP contribution < -0.4 is 4.18 Å². The van der Waals surface area contributed by atoms with Gasteiger partial charge in [-0.25, -0.2) is 0 Å². The Hall–Kier alpha value is -2.07. The maximum absolute atomic E-state index is 12.9. The lowest BCUT2D eigenvalue weighted by Crippen LogP contribution is -2.43. The lowest BCUT2D eigenvalue weighted by atomic mass is 9.53. The summed E-state index contributed by atoms with van der Waals surface area (Å²) in [4.78, 5) is 25.0. The molecule has 0 heterocycles. The number of rotatable bonds is 3. The lowest BCUT2D eigenvalue weighted by Gasteiger charge is -2.50. The van der Waals surface area contributed by atoms with Crippen LogP contribution in [0.15, 0.2) is 47.1 Å². The minimum absolute atomic E-state index is 0. The number of carbonyl (C=O) groups excluding carboxylic acids is 2. The van der Waals surface area contributed by atoms with Crippen LogP contribution in [0.3, 0.4) is 0 Å². The molecule has 10 heteroatoms. The molecule has 5 nitrogen and oxygen atoms in total. The number of hydrogen-bond donors (Lipinski definition) is 0. The molecule has 0 radical (unpaired) electrons. The van der Waals surface area contributed by atoms with Gasteiger partial charge < -0.3 is 4.18 Å². The third-order valence-corrected chi connectivity index (χ3v) is 9.19. The van der Waals surface area contributed by atoms with E-state index >= 15 is 0 Å². The predicted octanol–water partition coefficient (Wildman–Crippen LogP) is 6.13. The van der Waals surface area contributed by atoms with Gasteiger partial charge in [-0.2, -0.15) is 35.1 Å². The Labute approximate surface area is 216 Å². The van der Waals surface area contributed by atoms with Crippen LogP contribution in [0.4, 0.5) is 13.2 Å². The zero-order valence-electron chi connectivity index (χ0n) is 19.2. The van der Waals surface area contributed by atoms with E-state index in [9.17, 15) is 31.2 Å². The second kappa shape index (κ2) is 9.67. The zero-order chi connectivity index (χ0) is 24.5.